The topological polar surface area (TPSA) is 183 Å². The number of carbonyl (C=O) groups excluding carboxylic acids is 3. The molecule has 6 N–H and O–H groups in total. The van der Waals surface area contributed by atoms with E-state index in [4.69, 9.17) is 9.47 Å². The number of nitrogens with one attached hydrogen (secondary N) is 1. The van der Waals surface area contributed by atoms with Crippen molar-refractivity contribution in [1.29, 1.82) is 0 Å². The predicted octanol–water partition coefficient (Wildman–Crippen LogP) is 8.65. The maximum atomic E-state index is 15.3. The van der Waals surface area contributed by atoms with Gasteiger partial charge in [-0.25, -0.2) is 4.79 Å². The summed E-state index contributed by atoms with van der Waals surface area (Å²) in [5.41, 5.74) is 4.70. The molecule has 366 valence electrons. The minimum Gasteiger partial charge on any atom is -0.507 e. The van der Waals surface area contributed by atoms with Gasteiger partial charge in [0.05, 0.1) is 31.2 Å². The van der Waals surface area contributed by atoms with Crippen LogP contribution in [0.1, 0.15) is 154 Å². The predicted molar refractivity (Wildman–Crippen MR) is 265 cm³/mol. The second-order valence-corrected chi connectivity index (χ2v) is 20.2. The van der Waals surface area contributed by atoms with Crippen molar-refractivity contribution < 1.29 is 49.4 Å². The van der Waals surface area contributed by atoms with E-state index in [1.165, 1.54) is 6.08 Å². The Morgan fingerprint density at radius 1 is 0.942 bits per heavy atom. The van der Waals surface area contributed by atoms with Crippen LogP contribution in [-0.2, 0) is 51.4 Å². The number of aliphatic hydroxyl groups excluding tert-OH is 3. The number of benzene rings is 3. The summed E-state index contributed by atoms with van der Waals surface area (Å²) in [6.45, 7) is 5.77. The minimum absolute atomic E-state index is 0.0466. The van der Waals surface area contributed by atoms with Crippen LogP contribution in [0.3, 0.4) is 0 Å². The molecule has 11 heteroatoms. The molecule has 0 amide bonds. The average Bonchev–Trinajstić information content (AvgIpc) is 3.33. The van der Waals surface area contributed by atoms with Gasteiger partial charge in [-0.3, -0.25) is 9.59 Å². The Hall–Kier alpha value is -5.51. The van der Waals surface area contributed by atoms with E-state index in [9.17, 15) is 35.1 Å². The highest BCUT2D eigenvalue weighted by Gasteiger charge is 2.49. The van der Waals surface area contributed by atoms with Crippen LogP contribution >= 0.6 is 0 Å². The maximum Gasteiger partial charge on any atom is 0.334 e. The molecule has 1 fully saturated rings. The second-order valence-electron chi connectivity index (χ2n) is 20.2. The Bertz CT molecular complexity index is 2560. The molecule has 9 unspecified atom stereocenters. The van der Waals surface area contributed by atoms with Gasteiger partial charge in [-0.2, -0.15) is 0 Å². The maximum absolute atomic E-state index is 15.3. The third-order valence-corrected chi connectivity index (χ3v) is 15.0. The van der Waals surface area contributed by atoms with Crippen molar-refractivity contribution in [3.63, 3.8) is 0 Å². The van der Waals surface area contributed by atoms with Crippen LogP contribution in [0.5, 0.6) is 11.5 Å². The van der Waals surface area contributed by atoms with Gasteiger partial charge in [-0.05, 0) is 116 Å². The number of Topliss-reactive ketones (excluding diaryl/α,β-unsaturated/α-hetero) is 1. The van der Waals surface area contributed by atoms with Gasteiger partial charge in [-0.15, -0.1) is 0 Å². The van der Waals surface area contributed by atoms with Crippen LogP contribution in [0.15, 0.2) is 78.4 Å². The van der Waals surface area contributed by atoms with E-state index in [1.807, 2.05) is 67.6 Å². The fourth-order valence-corrected chi connectivity index (χ4v) is 11.5. The molecule has 69 heavy (non-hydrogen) atoms. The van der Waals surface area contributed by atoms with Gasteiger partial charge in [0, 0.05) is 65.9 Å². The lowest BCUT2D eigenvalue weighted by molar-refractivity contribution is -0.176. The van der Waals surface area contributed by atoms with Gasteiger partial charge in [0.25, 0.3) is 0 Å². The second kappa shape index (κ2) is 22.1. The smallest absolute Gasteiger partial charge is 0.334 e. The Balaban J connectivity index is 1.37. The number of hydrogen-bond donors (Lipinski definition) is 6. The summed E-state index contributed by atoms with van der Waals surface area (Å²) in [5, 5.41) is 62.6. The third kappa shape index (κ3) is 11.3. The number of esters is 2. The molecule has 3 heterocycles. The Kier molecular flexibility index (Phi) is 16.0. The molecule has 1 saturated carbocycles. The lowest BCUT2D eigenvalue weighted by atomic mass is 9.66. The summed E-state index contributed by atoms with van der Waals surface area (Å²) >= 11 is 0. The number of rotatable bonds is 12. The quantitative estimate of drug-likeness (QED) is 0.0443. The fourth-order valence-electron chi connectivity index (χ4n) is 11.5. The zero-order valence-corrected chi connectivity index (χ0v) is 40.3. The molecule has 0 aromatic heterocycles. The van der Waals surface area contributed by atoms with E-state index in [0.29, 0.717) is 66.3 Å². The van der Waals surface area contributed by atoms with E-state index in [2.05, 4.69) is 24.1 Å². The number of aliphatic hydroxyl groups is 4. The van der Waals surface area contributed by atoms with Crippen molar-refractivity contribution in [2.45, 2.75) is 165 Å². The number of aromatic hydroxyl groups is 1. The molecule has 3 aromatic carbocycles. The molecular formula is C58H69NO10. The van der Waals surface area contributed by atoms with Crippen molar-refractivity contribution in [3.8, 4) is 23.3 Å². The van der Waals surface area contributed by atoms with Crippen LogP contribution in [0, 0.1) is 23.7 Å². The summed E-state index contributed by atoms with van der Waals surface area (Å²) in [7, 11) is 0. The molecule has 0 spiro atoms. The van der Waals surface area contributed by atoms with Gasteiger partial charge < -0.3 is 40.3 Å². The Morgan fingerprint density at radius 3 is 2.48 bits per heavy atom. The highest BCUT2D eigenvalue weighted by Crippen LogP contribution is 2.50. The number of phenols is 1. The largest absolute Gasteiger partial charge is 0.507 e. The monoisotopic (exact) mass is 939 g/mol. The number of ether oxygens (including phenoxy) is 2. The Labute approximate surface area is 406 Å². The van der Waals surface area contributed by atoms with E-state index >= 15 is 4.79 Å². The highest BCUT2D eigenvalue weighted by atomic mass is 16.6. The first-order valence-electron chi connectivity index (χ1n) is 25.3. The summed E-state index contributed by atoms with van der Waals surface area (Å²) < 4.78 is 12.8. The molecule has 11 nitrogen and oxygen atoms in total. The molecule has 0 saturated heterocycles. The molecule has 3 aliphatic heterocycles. The summed E-state index contributed by atoms with van der Waals surface area (Å²) in [4.78, 5) is 42.7. The standard InChI is InChI=1S/C58H69NO10/c1-4-6-8-16-48-45(34-60)26-41(30-50(48)59-33-35(3)61)39-17-18-40-32-53(64)69-56-49(40)29-43(55(65)54(56)38-14-9-7-10-15-38)31-52-58(67,21-5-2)46-19-20-51(63)42(27-46)23-36-12-11-13-37(22-36)24-47(62)28-44(25-39)57(66)68-52/h7,9-14,22,26,28-30,35,38-40,42,46-47,52,59-62,65,67H,4-6,8,15-16,19-21,23-25,27,31-34H2,1-3H3. The lowest BCUT2D eigenvalue weighted by Crippen LogP contribution is -2.54. The molecule has 5 aliphatic rings. The fraction of sp³-hybridized carbons (Fsp3) is 0.500. The van der Waals surface area contributed by atoms with E-state index in [0.717, 1.165) is 41.6 Å². The van der Waals surface area contributed by atoms with Crippen LogP contribution < -0.4 is 10.1 Å². The minimum atomic E-state index is -1.65. The van der Waals surface area contributed by atoms with Gasteiger partial charge in [-0.1, -0.05) is 99.6 Å². The first-order chi connectivity index (χ1) is 33.3. The lowest BCUT2D eigenvalue weighted by Gasteiger charge is -2.45. The van der Waals surface area contributed by atoms with Gasteiger partial charge in [0.1, 0.15) is 29.0 Å². The molecule has 9 atom stereocenters. The number of fused-ring (bicyclic) bond motifs is 8. The molecule has 3 aromatic rings. The van der Waals surface area contributed by atoms with Crippen LogP contribution in [0.25, 0.3) is 0 Å². The number of ketones is 1. The van der Waals surface area contributed by atoms with Gasteiger partial charge in [0.15, 0.2) is 0 Å². The van der Waals surface area contributed by atoms with E-state index in [1.54, 1.807) is 13.0 Å². The molecule has 0 radical (unpaired) electrons. The van der Waals surface area contributed by atoms with Gasteiger partial charge in [0.2, 0.25) is 0 Å². The highest BCUT2D eigenvalue weighted by molar-refractivity contribution is 5.89. The van der Waals surface area contributed by atoms with E-state index < -0.39 is 53.6 Å². The van der Waals surface area contributed by atoms with Crippen molar-refractivity contribution >= 4 is 23.4 Å². The Morgan fingerprint density at radius 2 is 1.74 bits per heavy atom. The first-order valence-corrected chi connectivity index (χ1v) is 25.3. The zero-order valence-electron chi connectivity index (χ0n) is 40.3. The number of anilines is 1. The van der Waals surface area contributed by atoms with Crippen molar-refractivity contribution in [2.24, 2.45) is 11.8 Å². The number of carbonyl (C=O) groups is 3. The number of allylic oxidation sites excluding steroid dienone is 4. The zero-order chi connectivity index (χ0) is 48.8. The molecule has 8 bridgehead atoms. The van der Waals surface area contributed by atoms with Crippen LogP contribution in [0.2, 0.25) is 0 Å². The van der Waals surface area contributed by atoms with Crippen molar-refractivity contribution in [1.82, 2.24) is 0 Å². The summed E-state index contributed by atoms with van der Waals surface area (Å²) in [5.74, 6) is 3.28. The normalized spacial score (nSPS) is 27.2. The van der Waals surface area contributed by atoms with Crippen molar-refractivity contribution in [2.75, 3.05) is 11.9 Å². The molecule has 8 rings (SSSR count). The molecule has 2 aliphatic carbocycles. The van der Waals surface area contributed by atoms with Crippen LogP contribution in [-0.4, -0.2) is 73.7 Å². The average molecular weight is 940 g/mol. The van der Waals surface area contributed by atoms with Crippen molar-refractivity contribution in [3.05, 3.63) is 123 Å². The number of hydrogen-bond acceptors (Lipinski definition) is 11. The number of phenolic OH excluding ortho intramolecular Hbond substituents is 1. The first kappa shape index (κ1) is 49.9. The summed E-state index contributed by atoms with van der Waals surface area (Å²) in [6, 6.07) is 13.5. The SMILES string of the molecule is CCCCCc1c(CO)cc(C2C#CC3CC(=O)Oc4c3cc(c(O)c4C3C=CC=CC3)CC3OC(=O)C(=CC(O)Cc4cccc(c4)CC4CC(CCC4=O)C3(O)CCC)C2)cc1NCC(C)O. The van der Waals surface area contributed by atoms with Gasteiger partial charge >= 0.3 is 11.9 Å². The third-order valence-electron chi connectivity index (χ3n) is 15.0. The van der Waals surface area contributed by atoms with E-state index in [-0.39, 0.29) is 86.4 Å². The van der Waals surface area contributed by atoms with Crippen LogP contribution in [0.4, 0.5) is 5.69 Å². The summed E-state index contributed by atoms with van der Waals surface area (Å²) in [6.07, 6.45) is 12.5. The molecular weight excluding hydrogens is 871 g/mol. The number of unbranched alkanes of at least 4 members (excludes halogenated alkanes) is 2.